The Kier molecular flexibility index (Phi) is 5.41. The minimum atomic E-state index is -0.976. The summed E-state index contributed by atoms with van der Waals surface area (Å²) >= 11 is 1.50. The number of carboxylic acid groups (broad SMARTS) is 1. The second-order valence-corrected chi connectivity index (χ2v) is 5.56. The van der Waals surface area contributed by atoms with Crippen molar-refractivity contribution in [1.82, 2.24) is 4.98 Å². The first-order valence-corrected chi connectivity index (χ1v) is 7.53. The van der Waals surface area contributed by atoms with Crippen LogP contribution < -0.4 is 5.73 Å². The Balaban J connectivity index is 1.75. The van der Waals surface area contributed by atoms with Crippen molar-refractivity contribution >= 4 is 17.7 Å². The molecule has 0 amide bonds. The van der Waals surface area contributed by atoms with Gasteiger partial charge in [-0.25, -0.2) is 4.98 Å². The van der Waals surface area contributed by atoms with Crippen LogP contribution in [0.5, 0.6) is 0 Å². The van der Waals surface area contributed by atoms with E-state index in [-0.39, 0.29) is 0 Å². The third-order valence-electron chi connectivity index (χ3n) is 2.92. The first-order chi connectivity index (χ1) is 9.64. The smallest absolute Gasteiger partial charge is 0.321 e. The van der Waals surface area contributed by atoms with Gasteiger partial charge in [-0.2, -0.15) is 11.8 Å². The van der Waals surface area contributed by atoms with Crippen molar-refractivity contribution < 1.29 is 23.8 Å². The summed E-state index contributed by atoms with van der Waals surface area (Å²) in [4.78, 5) is 14.7. The summed E-state index contributed by atoms with van der Waals surface area (Å²) in [5.74, 6) is -0.267. The van der Waals surface area contributed by atoms with Gasteiger partial charge in [-0.3, -0.25) is 4.79 Å². The molecule has 1 fully saturated rings. The molecule has 1 aliphatic rings. The summed E-state index contributed by atoms with van der Waals surface area (Å²) in [7, 11) is 0. The summed E-state index contributed by atoms with van der Waals surface area (Å²) in [5.41, 5.74) is 5.43. The Bertz CT molecular complexity index is 419. The lowest BCUT2D eigenvalue weighted by atomic mass is 10.1. The molecule has 1 aromatic heterocycles. The minimum absolute atomic E-state index is 0.392. The molecule has 1 saturated heterocycles. The van der Waals surface area contributed by atoms with E-state index in [2.05, 4.69) is 4.98 Å². The van der Waals surface area contributed by atoms with Gasteiger partial charge in [-0.15, -0.1) is 0 Å². The highest BCUT2D eigenvalue weighted by Gasteiger charge is 2.42. The third kappa shape index (κ3) is 3.72. The molecule has 8 heteroatoms. The Morgan fingerprint density at radius 3 is 2.90 bits per heavy atom. The van der Waals surface area contributed by atoms with Crippen LogP contribution in [-0.2, 0) is 20.1 Å². The van der Waals surface area contributed by atoms with E-state index >= 15 is 0 Å². The minimum Gasteiger partial charge on any atom is -0.480 e. The zero-order chi connectivity index (χ0) is 14.4. The van der Waals surface area contributed by atoms with Crippen molar-refractivity contribution in [3.05, 3.63) is 18.4 Å². The largest absolute Gasteiger partial charge is 0.480 e. The number of hydrogen-bond acceptors (Lipinski definition) is 7. The van der Waals surface area contributed by atoms with E-state index in [4.69, 9.17) is 24.7 Å². The van der Waals surface area contributed by atoms with Gasteiger partial charge >= 0.3 is 5.97 Å². The van der Waals surface area contributed by atoms with Crippen molar-refractivity contribution in [2.75, 3.05) is 24.7 Å². The normalized spacial score (nSPS) is 19.1. The average Bonchev–Trinajstić information content (AvgIpc) is 3.09. The number of nitrogens with zero attached hydrogens (tertiary/aromatic N) is 1. The van der Waals surface area contributed by atoms with Crippen LogP contribution in [0.2, 0.25) is 0 Å². The maximum atomic E-state index is 10.6. The first kappa shape index (κ1) is 15.3. The molecule has 2 rings (SSSR count). The van der Waals surface area contributed by atoms with E-state index in [0.717, 1.165) is 12.2 Å². The van der Waals surface area contributed by atoms with Gasteiger partial charge in [0.25, 0.3) is 5.89 Å². The predicted molar refractivity (Wildman–Crippen MR) is 72.3 cm³/mol. The first-order valence-electron chi connectivity index (χ1n) is 6.38. The van der Waals surface area contributed by atoms with Gasteiger partial charge in [0, 0.05) is 12.2 Å². The number of hydrogen-bond donors (Lipinski definition) is 2. The molecule has 2 heterocycles. The van der Waals surface area contributed by atoms with E-state index in [1.165, 1.54) is 18.0 Å². The molecule has 20 heavy (non-hydrogen) atoms. The zero-order valence-corrected chi connectivity index (χ0v) is 11.8. The Morgan fingerprint density at radius 2 is 2.30 bits per heavy atom. The van der Waals surface area contributed by atoms with Gasteiger partial charge in [0.05, 0.1) is 19.4 Å². The molecule has 1 atom stereocenters. The van der Waals surface area contributed by atoms with Crippen LogP contribution in [0.15, 0.2) is 16.9 Å². The van der Waals surface area contributed by atoms with Crippen molar-refractivity contribution in [2.24, 2.45) is 5.73 Å². The lowest BCUT2D eigenvalue weighted by molar-refractivity contribution is -0.186. The summed E-state index contributed by atoms with van der Waals surface area (Å²) in [6, 6.07) is -0.820. The quantitative estimate of drug-likeness (QED) is 0.679. The number of thioether (sulfide) groups is 1. The Hall–Kier alpha value is -1.09. The molecule has 1 aliphatic heterocycles. The van der Waals surface area contributed by atoms with Crippen LogP contribution in [0.4, 0.5) is 0 Å². The Labute approximate surface area is 120 Å². The molecule has 3 N–H and O–H groups in total. The monoisotopic (exact) mass is 302 g/mol. The van der Waals surface area contributed by atoms with Gasteiger partial charge in [0.1, 0.15) is 12.3 Å². The standard InChI is InChI=1S/C12H18N2O5S/c13-9(10(15)16)8-20-7-1-2-12(18-5-6-19-12)11-14-3-4-17-11/h3-4,9H,1-2,5-8,13H2,(H,15,16)/t9-/m0/s1. The highest BCUT2D eigenvalue weighted by atomic mass is 32.2. The van der Waals surface area contributed by atoms with Crippen LogP contribution >= 0.6 is 11.8 Å². The lowest BCUT2D eigenvalue weighted by Crippen LogP contribution is -2.32. The molecule has 112 valence electrons. The number of rotatable bonds is 8. The zero-order valence-electron chi connectivity index (χ0n) is 11.0. The second-order valence-electron chi connectivity index (χ2n) is 4.41. The number of carboxylic acids is 1. The number of carbonyl (C=O) groups is 1. The summed E-state index contributed by atoms with van der Waals surface area (Å²) < 4.78 is 16.6. The topological polar surface area (TPSA) is 108 Å². The van der Waals surface area contributed by atoms with Crippen LogP contribution in [-0.4, -0.2) is 46.8 Å². The van der Waals surface area contributed by atoms with Gasteiger partial charge in [-0.1, -0.05) is 0 Å². The van der Waals surface area contributed by atoms with Gasteiger partial charge in [-0.05, 0) is 12.2 Å². The van der Waals surface area contributed by atoms with Crippen molar-refractivity contribution in [1.29, 1.82) is 0 Å². The van der Waals surface area contributed by atoms with Crippen molar-refractivity contribution in [3.63, 3.8) is 0 Å². The van der Waals surface area contributed by atoms with Crippen LogP contribution in [0.3, 0.4) is 0 Å². The molecule has 0 aromatic carbocycles. The fourth-order valence-electron chi connectivity index (χ4n) is 1.93. The van der Waals surface area contributed by atoms with Crippen LogP contribution in [0.25, 0.3) is 0 Å². The van der Waals surface area contributed by atoms with E-state index in [1.54, 1.807) is 6.20 Å². The third-order valence-corrected chi connectivity index (χ3v) is 4.09. The average molecular weight is 302 g/mol. The highest BCUT2D eigenvalue weighted by molar-refractivity contribution is 7.99. The molecule has 0 spiro atoms. The molecule has 0 bridgehead atoms. The molecule has 7 nitrogen and oxygen atoms in total. The molecular formula is C12H18N2O5S. The number of nitrogens with two attached hydrogens (primary N) is 1. The van der Waals surface area contributed by atoms with Crippen LogP contribution in [0.1, 0.15) is 18.7 Å². The summed E-state index contributed by atoms with van der Waals surface area (Å²) in [6.45, 7) is 1.03. The number of oxazole rings is 1. The predicted octanol–water partition coefficient (Wildman–Crippen LogP) is 0.799. The second kappa shape index (κ2) is 7.07. The van der Waals surface area contributed by atoms with Gasteiger partial charge in [0.2, 0.25) is 5.79 Å². The number of aromatic nitrogens is 1. The SMILES string of the molecule is N[C@@H](CSCCCC1(c2ncco2)OCCO1)C(=O)O. The van der Waals surface area contributed by atoms with Crippen LogP contribution in [0, 0.1) is 0 Å². The fraction of sp³-hybridized carbons (Fsp3) is 0.667. The van der Waals surface area contributed by atoms with Crippen molar-refractivity contribution in [3.8, 4) is 0 Å². The maximum Gasteiger partial charge on any atom is 0.321 e. The molecule has 0 unspecified atom stereocenters. The van der Waals surface area contributed by atoms with Gasteiger partial charge < -0.3 is 24.7 Å². The summed E-state index contributed by atoms with van der Waals surface area (Å²) in [5, 5.41) is 8.68. The van der Waals surface area contributed by atoms with Crippen molar-refractivity contribution in [2.45, 2.75) is 24.7 Å². The molecule has 1 aromatic rings. The fourth-order valence-corrected chi connectivity index (χ4v) is 2.84. The molecule has 0 radical (unpaired) electrons. The maximum absolute atomic E-state index is 10.6. The van der Waals surface area contributed by atoms with Gasteiger partial charge in [0.15, 0.2) is 0 Å². The number of ether oxygens (including phenoxy) is 2. The van der Waals surface area contributed by atoms with E-state index in [9.17, 15) is 4.79 Å². The number of aliphatic carboxylic acids is 1. The molecular weight excluding hydrogens is 284 g/mol. The highest BCUT2D eigenvalue weighted by Crippen LogP contribution is 2.35. The Morgan fingerprint density at radius 1 is 1.55 bits per heavy atom. The van der Waals surface area contributed by atoms with E-state index in [1.807, 2.05) is 0 Å². The molecule has 0 saturated carbocycles. The lowest BCUT2D eigenvalue weighted by Gasteiger charge is -2.23. The molecule has 0 aliphatic carbocycles. The summed E-state index contributed by atoms with van der Waals surface area (Å²) in [6.07, 6.45) is 4.45. The van der Waals surface area contributed by atoms with E-state index < -0.39 is 17.8 Å². The van der Waals surface area contributed by atoms with E-state index in [0.29, 0.717) is 31.3 Å².